The van der Waals surface area contributed by atoms with Crippen LogP contribution in [-0.4, -0.2) is 46.5 Å². The van der Waals surface area contributed by atoms with Crippen molar-refractivity contribution in [2.45, 2.75) is 31.7 Å². The van der Waals surface area contributed by atoms with E-state index in [0.29, 0.717) is 11.6 Å². The number of fused-ring (bicyclic) bond motifs is 1. The van der Waals surface area contributed by atoms with Crippen molar-refractivity contribution in [1.29, 1.82) is 0 Å². The molecule has 1 saturated carbocycles. The Morgan fingerprint density at radius 3 is 2.94 bits per heavy atom. The molecule has 3 aromatic rings. The first-order valence-corrected chi connectivity index (χ1v) is 11.3. The van der Waals surface area contributed by atoms with Crippen LogP contribution in [0.4, 0.5) is 11.4 Å². The monoisotopic (exact) mass is 504 g/mol. The maximum Gasteiger partial charge on any atom is 0.257 e. The molecule has 0 radical (unpaired) electrons. The fraction of sp³-hybridized carbons (Fsp3) is 0.409. The van der Waals surface area contributed by atoms with Crippen LogP contribution in [0.2, 0.25) is 0 Å². The van der Waals surface area contributed by atoms with Crippen molar-refractivity contribution in [2.24, 2.45) is 5.92 Å². The van der Waals surface area contributed by atoms with E-state index in [-0.39, 0.29) is 18.3 Å². The molecule has 164 valence electrons. The van der Waals surface area contributed by atoms with Gasteiger partial charge in [0.1, 0.15) is 5.65 Å². The first kappa shape index (κ1) is 22.0. The van der Waals surface area contributed by atoms with E-state index in [4.69, 9.17) is 0 Å². The number of carbonyl (C=O) groups excluding carboxylic acids is 1. The maximum atomic E-state index is 12.7. The minimum absolute atomic E-state index is 0. The van der Waals surface area contributed by atoms with Crippen molar-refractivity contribution in [2.75, 3.05) is 29.9 Å². The number of nitrogens with zero attached hydrogens (tertiary/aromatic N) is 3. The summed E-state index contributed by atoms with van der Waals surface area (Å²) in [6, 6.07) is 4.00. The number of amides is 1. The van der Waals surface area contributed by atoms with Gasteiger partial charge in [0.2, 0.25) is 0 Å². The summed E-state index contributed by atoms with van der Waals surface area (Å²) in [7, 11) is 0. The topological polar surface area (TPSA) is 85.9 Å². The van der Waals surface area contributed by atoms with Crippen LogP contribution in [0.15, 0.2) is 41.4 Å². The van der Waals surface area contributed by atoms with E-state index in [1.165, 1.54) is 19.3 Å². The van der Waals surface area contributed by atoms with E-state index in [2.05, 4.69) is 46.4 Å². The van der Waals surface area contributed by atoms with E-state index < -0.39 is 0 Å². The van der Waals surface area contributed by atoms with Crippen LogP contribution >= 0.6 is 28.3 Å². The average molecular weight is 506 g/mol. The third kappa shape index (κ3) is 4.86. The van der Waals surface area contributed by atoms with Gasteiger partial charge < -0.3 is 20.5 Å². The molecule has 0 unspecified atom stereocenters. The number of carbonyl (C=O) groups is 1. The number of piperidine rings is 1. The first-order chi connectivity index (χ1) is 14.7. The molecule has 0 spiro atoms. The average Bonchev–Trinajstić information content (AvgIpc) is 3.53. The largest absolute Gasteiger partial charge is 0.368 e. The molecule has 1 saturated heterocycles. The highest BCUT2D eigenvalue weighted by Crippen LogP contribution is 2.39. The van der Waals surface area contributed by atoms with Gasteiger partial charge in [0.05, 0.1) is 26.8 Å². The fourth-order valence-corrected chi connectivity index (χ4v) is 4.71. The van der Waals surface area contributed by atoms with Crippen LogP contribution in [0.5, 0.6) is 0 Å². The lowest BCUT2D eigenvalue weighted by atomic mass is 10.0. The van der Waals surface area contributed by atoms with Crippen LogP contribution in [-0.2, 0) is 0 Å². The van der Waals surface area contributed by atoms with Crippen LogP contribution in [0.1, 0.15) is 36.0 Å². The number of halogens is 2. The lowest BCUT2D eigenvalue weighted by molar-refractivity contribution is 0.102. The highest BCUT2D eigenvalue weighted by atomic mass is 79.9. The van der Waals surface area contributed by atoms with Gasteiger partial charge in [-0.3, -0.25) is 9.78 Å². The molecule has 3 aromatic heterocycles. The molecule has 3 N–H and O–H groups in total. The van der Waals surface area contributed by atoms with Gasteiger partial charge in [-0.15, -0.1) is 12.4 Å². The number of nitrogens with one attached hydrogen (secondary N) is 3. The lowest BCUT2D eigenvalue weighted by Crippen LogP contribution is -2.46. The van der Waals surface area contributed by atoms with Crippen LogP contribution < -0.4 is 15.5 Å². The number of aromatic amines is 1. The molecule has 1 aliphatic heterocycles. The minimum atomic E-state index is -0.183. The summed E-state index contributed by atoms with van der Waals surface area (Å²) in [5.74, 6) is 0.691. The number of rotatable bonds is 6. The van der Waals surface area contributed by atoms with Crippen molar-refractivity contribution in [3.63, 3.8) is 0 Å². The van der Waals surface area contributed by atoms with Gasteiger partial charge in [0.15, 0.2) is 0 Å². The van der Waals surface area contributed by atoms with Crippen LogP contribution in [0.25, 0.3) is 11.0 Å². The Balaban J connectivity index is 0.00000231. The minimum Gasteiger partial charge on any atom is -0.368 e. The molecule has 31 heavy (non-hydrogen) atoms. The second kappa shape index (κ2) is 9.54. The van der Waals surface area contributed by atoms with Gasteiger partial charge in [0.25, 0.3) is 5.91 Å². The molecular formula is C22H26BrClN6O. The number of hydrogen-bond acceptors (Lipinski definition) is 5. The van der Waals surface area contributed by atoms with E-state index in [9.17, 15) is 4.79 Å². The molecule has 0 aromatic carbocycles. The summed E-state index contributed by atoms with van der Waals surface area (Å²) >= 11 is 3.71. The molecule has 4 heterocycles. The van der Waals surface area contributed by atoms with Crippen molar-refractivity contribution in [3.8, 4) is 0 Å². The zero-order valence-electron chi connectivity index (χ0n) is 17.1. The highest BCUT2D eigenvalue weighted by Gasteiger charge is 2.27. The highest BCUT2D eigenvalue weighted by molar-refractivity contribution is 9.10. The Kier molecular flexibility index (Phi) is 6.79. The second-order valence-electron chi connectivity index (χ2n) is 8.21. The predicted octanol–water partition coefficient (Wildman–Crippen LogP) is 4.36. The Bertz CT molecular complexity index is 1050. The zero-order valence-corrected chi connectivity index (χ0v) is 19.5. The molecule has 7 nitrogen and oxygen atoms in total. The smallest absolute Gasteiger partial charge is 0.257 e. The standard InChI is InChI=1S/C22H25BrN6O.ClH/c23-17-11-26-21-19(18(12-27-21)28-22(30)15-3-1-7-24-10-15)20(17)29-8-2-4-16(13-29)25-9-14-5-6-14;/h1,3,7,10-12,14,16,25H,2,4-6,8-9,13H2,(H,26,27)(H,28,30);1H/t16-;/m1./s1. The summed E-state index contributed by atoms with van der Waals surface area (Å²) in [5, 5.41) is 7.72. The zero-order chi connectivity index (χ0) is 20.5. The third-order valence-electron chi connectivity index (χ3n) is 5.93. The Labute approximate surface area is 195 Å². The quantitative estimate of drug-likeness (QED) is 0.463. The van der Waals surface area contributed by atoms with E-state index in [0.717, 1.165) is 58.9 Å². The summed E-state index contributed by atoms with van der Waals surface area (Å²) in [6.07, 6.45) is 11.9. The van der Waals surface area contributed by atoms with E-state index in [1.807, 2.05) is 12.4 Å². The molecule has 9 heteroatoms. The summed E-state index contributed by atoms with van der Waals surface area (Å²) in [5.41, 5.74) is 3.11. The van der Waals surface area contributed by atoms with Crippen molar-refractivity contribution in [3.05, 3.63) is 47.0 Å². The normalized spacial score (nSPS) is 18.6. The fourth-order valence-electron chi connectivity index (χ4n) is 4.16. The molecule has 1 aliphatic carbocycles. The SMILES string of the molecule is Cl.O=C(Nc1c[nH]c2ncc(Br)c(N3CCC[C@@H](NCC4CC4)C3)c12)c1cccnc1. The van der Waals surface area contributed by atoms with Crippen molar-refractivity contribution >= 4 is 56.7 Å². The molecule has 2 fully saturated rings. The number of anilines is 2. The summed E-state index contributed by atoms with van der Waals surface area (Å²) in [6.45, 7) is 3.06. The summed E-state index contributed by atoms with van der Waals surface area (Å²) < 4.78 is 0.939. The molecule has 5 rings (SSSR count). The van der Waals surface area contributed by atoms with Gasteiger partial charge in [-0.1, -0.05) is 0 Å². The molecule has 2 aliphatic rings. The molecule has 1 atom stereocenters. The van der Waals surface area contributed by atoms with Crippen LogP contribution in [0.3, 0.4) is 0 Å². The second-order valence-corrected chi connectivity index (χ2v) is 9.07. The van der Waals surface area contributed by atoms with Gasteiger partial charge in [-0.25, -0.2) is 4.98 Å². The van der Waals surface area contributed by atoms with Crippen molar-refractivity contribution in [1.82, 2.24) is 20.3 Å². The number of hydrogen-bond donors (Lipinski definition) is 3. The number of H-pyrrole nitrogens is 1. The number of pyridine rings is 2. The first-order valence-electron chi connectivity index (χ1n) is 10.5. The third-order valence-corrected chi connectivity index (χ3v) is 6.51. The van der Waals surface area contributed by atoms with E-state index in [1.54, 1.807) is 24.5 Å². The molecule has 1 amide bonds. The lowest BCUT2D eigenvalue weighted by Gasteiger charge is -2.36. The maximum absolute atomic E-state index is 12.7. The molecular weight excluding hydrogens is 480 g/mol. The van der Waals surface area contributed by atoms with Gasteiger partial charge in [0, 0.05) is 43.9 Å². The number of aromatic nitrogens is 3. The Hall–Kier alpha value is -2.16. The van der Waals surface area contributed by atoms with Crippen LogP contribution in [0, 0.1) is 5.92 Å². The predicted molar refractivity (Wildman–Crippen MR) is 129 cm³/mol. The summed E-state index contributed by atoms with van der Waals surface area (Å²) in [4.78, 5) is 26.9. The molecule has 0 bridgehead atoms. The Morgan fingerprint density at radius 2 is 2.16 bits per heavy atom. The van der Waals surface area contributed by atoms with Gasteiger partial charge in [-0.05, 0) is 66.2 Å². The Morgan fingerprint density at radius 1 is 1.29 bits per heavy atom. The van der Waals surface area contributed by atoms with Crippen molar-refractivity contribution < 1.29 is 4.79 Å². The van der Waals surface area contributed by atoms with E-state index >= 15 is 0 Å². The van der Waals surface area contributed by atoms with Gasteiger partial charge in [-0.2, -0.15) is 0 Å². The van der Waals surface area contributed by atoms with Gasteiger partial charge >= 0.3 is 0 Å².